The number of esters is 1. The number of carbonyl (C=O) groups is 2. The molecule has 0 N–H and O–H groups in total. The minimum absolute atomic E-state index is 0.0644. The number of aromatic nitrogens is 2. The van der Waals surface area contributed by atoms with Gasteiger partial charge >= 0.3 is 5.97 Å². The average Bonchev–Trinajstić information content (AvgIpc) is 3.19. The standard InChI is InChI=1S/C24H26N4O5/c1-3-5-8-15-26-22(29)20(23(30)33-4-2)21(16-11-13-17(14-12-16)28(31)32)27-19-10-7-6-9-18(19)25-24(26)27/h6-7,9-14,20-21H,3-5,8,15H2,1-2H3/t20-,21+/m1/s1. The molecule has 33 heavy (non-hydrogen) atoms. The van der Waals surface area contributed by atoms with Crippen LogP contribution in [0.3, 0.4) is 0 Å². The molecule has 172 valence electrons. The van der Waals surface area contributed by atoms with Gasteiger partial charge in [0.1, 0.15) is 0 Å². The van der Waals surface area contributed by atoms with Gasteiger partial charge in [-0.1, -0.05) is 44.0 Å². The van der Waals surface area contributed by atoms with Crippen LogP contribution in [0, 0.1) is 16.0 Å². The van der Waals surface area contributed by atoms with Gasteiger partial charge in [0.2, 0.25) is 11.9 Å². The molecule has 2 atom stereocenters. The first-order valence-electron chi connectivity index (χ1n) is 11.2. The summed E-state index contributed by atoms with van der Waals surface area (Å²) in [6.07, 6.45) is 2.72. The number of carbonyl (C=O) groups excluding carboxylic acids is 2. The Morgan fingerprint density at radius 2 is 1.85 bits per heavy atom. The van der Waals surface area contributed by atoms with Gasteiger partial charge in [-0.15, -0.1) is 0 Å². The van der Waals surface area contributed by atoms with E-state index in [1.54, 1.807) is 24.0 Å². The number of benzene rings is 2. The van der Waals surface area contributed by atoms with Crippen molar-refractivity contribution in [2.45, 2.75) is 39.2 Å². The fourth-order valence-electron chi connectivity index (χ4n) is 4.37. The van der Waals surface area contributed by atoms with E-state index in [1.165, 1.54) is 12.1 Å². The molecule has 9 nitrogen and oxygen atoms in total. The normalized spacial score (nSPS) is 17.8. The van der Waals surface area contributed by atoms with Crippen molar-refractivity contribution in [2.75, 3.05) is 18.1 Å². The Morgan fingerprint density at radius 1 is 1.12 bits per heavy atom. The van der Waals surface area contributed by atoms with E-state index in [2.05, 4.69) is 6.92 Å². The SMILES string of the molecule is CCCCCN1C(=O)[C@H](C(=O)OCC)[C@H](c2ccc([N+](=O)[O-])cc2)n2c1nc1ccccc12. The molecule has 2 heterocycles. The number of non-ortho nitro benzene ring substituents is 1. The van der Waals surface area contributed by atoms with Crippen molar-refractivity contribution in [3.05, 3.63) is 64.2 Å². The number of imidazole rings is 1. The van der Waals surface area contributed by atoms with Crippen LogP contribution in [0.5, 0.6) is 0 Å². The van der Waals surface area contributed by atoms with Crippen LogP contribution in [-0.2, 0) is 14.3 Å². The lowest BCUT2D eigenvalue weighted by Gasteiger charge is -2.38. The predicted molar refractivity (Wildman–Crippen MR) is 123 cm³/mol. The van der Waals surface area contributed by atoms with E-state index in [9.17, 15) is 19.7 Å². The minimum Gasteiger partial charge on any atom is -0.465 e. The molecule has 0 radical (unpaired) electrons. The van der Waals surface area contributed by atoms with Gasteiger partial charge in [-0.05, 0) is 31.0 Å². The Bertz CT molecular complexity index is 1190. The first kappa shape index (κ1) is 22.4. The molecule has 1 aromatic heterocycles. The Balaban J connectivity index is 1.92. The molecule has 0 spiro atoms. The zero-order chi connectivity index (χ0) is 23.5. The number of fused-ring (bicyclic) bond motifs is 3. The van der Waals surface area contributed by atoms with Gasteiger partial charge in [0.15, 0.2) is 5.92 Å². The summed E-state index contributed by atoms with van der Waals surface area (Å²) < 4.78 is 7.21. The molecule has 3 aromatic rings. The third-order valence-corrected chi connectivity index (χ3v) is 5.92. The van der Waals surface area contributed by atoms with E-state index >= 15 is 0 Å². The van der Waals surface area contributed by atoms with Crippen LogP contribution in [0.25, 0.3) is 11.0 Å². The lowest BCUT2D eigenvalue weighted by Crippen LogP contribution is -2.50. The number of unbranched alkanes of at least 4 members (excludes halogenated alkanes) is 2. The number of hydrogen-bond donors (Lipinski definition) is 0. The smallest absolute Gasteiger partial charge is 0.321 e. The molecule has 4 rings (SSSR count). The number of amides is 1. The van der Waals surface area contributed by atoms with Crippen LogP contribution in [0.1, 0.15) is 44.7 Å². The summed E-state index contributed by atoms with van der Waals surface area (Å²) in [5.41, 5.74) is 2.02. The highest BCUT2D eigenvalue weighted by molar-refractivity contribution is 6.08. The predicted octanol–water partition coefficient (Wildman–Crippen LogP) is 4.25. The quantitative estimate of drug-likeness (QED) is 0.167. The van der Waals surface area contributed by atoms with Crippen molar-refractivity contribution in [1.82, 2.24) is 9.55 Å². The summed E-state index contributed by atoms with van der Waals surface area (Å²) in [5, 5.41) is 11.2. The first-order valence-corrected chi connectivity index (χ1v) is 11.2. The second-order valence-electron chi connectivity index (χ2n) is 7.99. The maximum absolute atomic E-state index is 13.7. The van der Waals surface area contributed by atoms with Crippen LogP contribution in [0.2, 0.25) is 0 Å². The largest absolute Gasteiger partial charge is 0.465 e. The van der Waals surface area contributed by atoms with E-state index < -0.39 is 22.9 Å². The molecule has 0 saturated carbocycles. The molecule has 0 unspecified atom stereocenters. The number of hydrogen-bond acceptors (Lipinski definition) is 6. The molecule has 0 saturated heterocycles. The van der Waals surface area contributed by atoms with Crippen LogP contribution < -0.4 is 4.90 Å². The van der Waals surface area contributed by atoms with Gasteiger partial charge in [-0.2, -0.15) is 0 Å². The highest BCUT2D eigenvalue weighted by atomic mass is 16.6. The van der Waals surface area contributed by atoms with E-state index in [4.69, 9.17) is 9.72 Å². The first-order chi connectivity index (χ1) is 16.0. The van der Waals surface area contributed by atoms with Crippen molar-refractivity contribution in [3.63, 3.8) is 0 Å². The lowest BCUT2D eigenvalue weighted by molar-refractivity contribution is -0.384. The number of rotatable bonds is 8. The second kappa shape index (κ2) is 9.40. The van der Waals surface area contributed by atoms with E-state index in [0.29, 0.717) is 23.6 Å². The molecular formula is C24H26N4O5. The Kier molecular flexibility index (Phi) is 6.39. The van der Waals surface area contributed by atoms with Crippen molar-refractivity contribution in [2.24, 2.45) is 5.92 Å². The second-order valence-corrected chi connectivity index (χ2v) is 7.99. The Labute approximate surface area is 191 Å². The number of ether oxygens (including phenoxy) is 1. The third kappa shape index (κ3) is 4.06. The number of anilines is 1. The van der Waals surface area contributed by atoms with Crippen molar-refractivity contribution in [1.29, 1.82) is 0 Å². The zero-order valence-electron chi connectivity index (χ0n) is 18.6. The topological polar surface area (TPSA) is 108 Å². The summed E-state index contributed by atoms with van der Waals surface area (Å²) in [6.45, 7) is 4.37. The van der Waals surface area contributed by atoms with Crippen LogP contribution in [0.4, 0.5) is 11.6 Å². The molecule has 0 aliphatic carbocycles. The highest BCUT2D eigenvalue weighted by Gasteiger charge is 2.47. The minimum atomic E-state index is -1.13. The number of nitro groups is 1. The molecule has 1 aliphatic heterocycles. The molecule has 0 fully saturated rings. The number of nitro benzene ring substituents is 1. The van der Waals surface area contributed by atoms with Crippen molar-refractivity contribution < 1.29 is 19.2 Å². The fraction of sp³-hybridized carbons (Fsp3) is 0.375. The van der Waals surface area contributed by atoms with E-state index in [0.717, 1.165) is 24.8 Å². The summed E-state index contributed by atoms with van der Waals surface area (Å²) in [5.74, 6) is -1.63. The van der Waals surface area contributed by atoms with E-state index in [1.807, 2.05) is 28.8 Å². The average molecular weight is 450 g/mol. The molecular weight excluding hydrogens is 424 g/mol. The van der Waals surface area contributed by atoms with Crippen LogP contribution in [-0.4, -0.2) is 39.5 Å². The number of nitrogens with zero attached hydrogens (tertiary/aromatic N) is 4. The van der Waals surface area contributed by atoms with Crippen molar-refractivity contribution >= 4 is 34.5 Å². The van der Waals surface area contributed by atoms with Gasteiger partial charge < -0.3 is 9.30 Å². The van der Waals surface area contributed by atoms with Gasteiger partial charge in [0, 0.05) is 18.7 Å². The van der Waals surface area contributed by atoms with Gasteiger partial charge in [-0.3, -0.25) is 24.6 Å². The molecule has 9 heteroatoms. The highest BCUT2D eigenvalue weighted by Crippen LogP contribution is 2.41. The Hall–Kier alpha value is -3.75. The fourth-order valence-corrected chi connectivity index (χ4v) is 4.37. The summed E-state index contributed by atoms with van der Waals surface area (Å²) in [7, 11) is 0. The summed E-state index contributed by atoms with van der Waals surface area (Å²) in [4.78, 5) is 43.8. The maximum Gasteiger partial charge on any atom is 0.321 e. The van der Waals surface area contributed by atoms with Crippen LogP contribution in [0.15, 0.2) is 48.5 Å². The van der Waals surface area contributed by atoms with E-state index in [-0.39, 0.29) is 18.2 Å². The molecule has 1 amide bonds. The zero-order valence-corrected chi connectivity index (χ0v) is 18.6. The van der Waals surface area contributed by atoms with Crippen LogP contribution >= 0.6 is 0 Å². The van der Waals surface area contributed by atoms with Crippen molar-refractivity contribution in [3.8, 4) is 0 Å². The number of para-hydroxylation sites is 2. The van der Waals surface area contributed by atoms with Gasteiger partial charge in [0.25, 0.3) is 5.69 Å². The summed E-state index contributed by atoms with van der Waals surface area (Å²) >= 11 is 0. The summed E-state index contributed by atoms with van der Waals surface area (Å²) in [6, 6.07) is 12.7. The van der Waals surface area contributed by atoms with Gasteiger partial charge in [-0.25, -0.2) is 4.98 Å². The maximum atomic E-state index is 13.7. The lowest BCUT2D eigenvalue weighted by atomic mass is 9.89. The van der Waals surface area contributed by atoms with Gasteiger partial charge in [0.05, 0.1) is 28.6 Å². The molecule has 0 bridgehead atoms. The molecule has 2 aromatic carbocycles. The monoisotopic (exact) mass is 450 g/mol. The third-order valence-electron chi connectivity index (χ3n) is 5.92. The Morgan fingerprint density at radius 3 is 2.52 bits per heavy atom. The molecule has 1 aliphatic rings.